The van der Waals surface area contributed by atoms with Crippen LogP contribution in [-0.4, -0.2) is 18.6 Å². The quantitative estimate of drug-likeness (QED) is 0.821. The van der Waals surface area contributed by atoms with Crippen LogP contribution in [0.15, 0.2) is 18.5 Å². The molecule has 0 aromatic carbocycles. The Morgan fingerprint density at radius 3 is 2.88 bits per heavy atom. The number of ether oxygens (including phenoxy) is 1. The van der Waals surface area contributed by atoms with Crippen LogP contribution in [0.25, 0.3) is 0 Å². The predicted octanol–water partition coefficient (Wildman–Crippen LogP) is 2.93. The molecule has 1 unspecified atom stereocenters. The molecule has 0 bridgehead atoms. The molecule has 0 amide bonds. The van der Waals surface area contributed by atoms with Gasteiger partial charge in [0.15, 0.2) is 0 Å². The van der Waals surface area contributed by atoms with Crippen molar-refractivity contribution in [1.29, 1.82) is 0 Å². The van der Waals surface area contributed by atoms with E-state index in [1.54, 1.807) is 6.20 Å². The number of nitrogens with zero attached hydrogens (tertiary/aromatic N) is 1. The summed E-state index contributed by atoms with van der Waals surface area (Å²) in [5.74, 6) is 1.77. The van der Waals surface area contributed by atoms with Gasteiger partial charge in [0.25, 0.3) is 0 Å². The fourth-order valence-electron chi connectivity index (χ4n) is 2.35. The number of hydrogen-bond acceptors (Lipinski definition) is 3. The third-order valence-electron chi connectivity index (χ3n) is 3.59. The molecule has 0 radical (unpaired) electrons. The smallest absolute Gasteiger partial charge is 0.137 e. The molecule has 94 valence electrons. The van der Waals surface area contributed by atoms with Crippen LogP contribution in [0.3, 0.4) is 0 Å². The lowest BCUT2D eigenvalue weighted by atomic mass is 9.80. The van der Waals surface area contributed by atoms with Crippen LogP contribution in [0.2, 0.25) is 0 Å². The molecule has 2 rings (SSSR count). The molecule has 3 nitrogen and oxygen atoms in total. The van der Waals surface area contributed by atoms with Crippen molar-refractivity contribution in [2.75, 3.05) is 13.7 Å². The Kier molecular flexibility index (Phi) is 4.37. The second kappa shape index (κ2) is 6.01. The average Bonchev–Trinajstić information content (AvgIpc) is 2.29. The molecule has 1 aliphatic rings. The normalized spacial score (nSPS) is 17.5. The van der Waals surface area contributed by atoms with E-state index in [0.29, 0.717) is 12.6 Å². The maximum Gasteiger partial charge on any atom is 0.137 e. The fraction of sp³-hybridized carbons (Fsp3) is 0.643. The molecule has 0 spiro atoms. The minimum atomic E-state index is 0.410. The summed E-state index contributed by atoms with van der Waals surface area (Å²) in [5.41, 5.74) is 1.24. The Morgan fingerprint density at radius 1 is 1.47 bits per heavy atom. The molecule has 1 heterocycles. The zero-order valence-electron chi connectivity index (χ0n) is 10.8. The number of aromatic nitrogens is 1. The lowest BCUT2D eigenvalue weighted by Crippen LogP contribution is -2.23. The molecule has 1 saturated carbocycles. The largest absolute Gasteiger partial charge is 0.492 e. The minimum absolute atomic E-state index is 0.410. The van der Waals surface area contributed by atoms with Gasteiger partial charge in [0.1, 0.15) is 5.75 Å². The van der Waals surface area contributed by atoms with Crippen molar-refractivity contribution in [3.05, 3.63) is 24.0 Å². The van der Waals surface area contributed by atoms with Crippen molar-refractivity contribution in [3.63, 3.8) is 0 Å². The van der Waals surface area contributed by atoms with Gasteiger partial charge in [0, 0.05) is 12.2 Å². The lowest BCUT2D eigenvalue weighted by Gasteiger charge is -2.29. The monoisotopic (exact) mass is 234 g/mol. The van der Waals surface area contributed by atoms with Crippen molar-refractivity contribution < 1.29 is 4.74 Å². The maximum atomic E-state index is 5.50. The molecule has 17 heavy (non-hydrogen) atoms. The van der Waals surface area contributed by atoms with Crippen molar-refractivity contribution in [2.24, 2.45) is 5.92 Å². The summed E-state index contributed by atoms with van der Waals surface area (Å²) in [6.07, 6.45) is 9.12. The highest BCUT2D eigenvalue weighted by molar-refractivity contribution is 5.26. The molecule has 0 saturated heterocycles. The van der Waals surface area contributed by atoms with Crippen molar-refractivity contribution in [2.45, 2.75) is 38.6 Å². The van der Waals surface area contributed by atoms with Gasteiger partial charge in [-0.15, -0.1) is 0 Å². The van der Waals surface area contributed by atoms with Gasteiger partial charge in [-0.3, -0.25) is 4.98 Å². The predicted molar refractivity (Wildman–Crippen MR) is 69.2 cm³/mol. The van der Waals surface area contributed by atoms with Gasteiger partial charge >= 0.3 is 0 Å². The van der Waals surface area contributed by atoms with Crippen molar-refractivity contribution in [3.8, 4) is 5.75 Å². The Hall–Kier alpha value is -1.09. The summed E-state index contributed by atoms with van der Waals surface area (Å²) in [4.78, 5) is 4.26. The van der Waals surface area contributed by atoms with E-state index in [1.807, 2.05) is 20.2 Å². The van der Waals surface area contributed by atoms with E-state index in [9.17, 15) is 0 Å². The molecular formula is C14H22N2O. The van der Waals surface area contributed by atoms with Gasteiger partial charge in [0.05, 0.1) is 12.8 Å². The Balaban J connectivity index is 2.03. The first-order chi connectivity index (χ1) is 8.33. The fourth-order valence-corrected chi connectivity index (χ4v) is 2.35. The molecule has 0 aliphatic heterocycles. The van der Waals surface area contributed by atoms with E-state index >= 15 is 0 Å². The molecule has 1 fully saturated rings. The Bertz CT molecular complexity index is 350. The van der Waals surface area contributed by atoms with Gasteiger partial charge in [-0.1, -0.05) is 19.3 Å². The van der Waals surface area contributed by atoms with Crippen LogP contribution in [-0.2, 0) is 0 Å². The SMILES string of the molecule is CCOc1cncc(C(CC2CCC2)NC)c1. The topological polar surface area (TPSA) is 34.1 Å². The van der Waals surface area contributed by atoms with E-state index in [0.717, 1.165) is 11.7 Å². The number of hydrogen-bond donors (Lipinski definition) is 1. The zero-order valence-corrected chi connectivity index (χ0v) is 10.8. The zero-order chi connectivity index (χ0) is 12.1. The second-order valence-corrected chi connectivity index (χ2v) is 4.76. The maximum absolute atomic E-state index is 5.50. The van der Waals surface area contributed by atoms with Crippen molar-refractivity contribution in [1.82, 2.24) is 10.3 Å². The van der Waals surface area contributed by atoms with Crippen LogP contribution in [0.1, 0.15) is 44.2 Å². The third kappa shape index (κ3) is 3.19. The standard InChI is InChI=1S/C14H22N2O/c1-3-17-13-8-12(9-16-10-13)14(15-2)7-11-5-4-6-11/h8-11,14-15H,3-7H2,1-2H3. The molecular weight excluding hydrogens is 212 g/mol. The molecule has 1 N–H and O–H groups in total. The first kappa shape index (κ1) is 12.4. The highest BCUT2D eigenvalue weighted by Crippen LogP contribution is 2.34. The van der Waals surface area contributed by atoms with Gasteiger partial charge in [0.2, 0.25) is 0 Å². The van der Waals surface area contributed by atoms with Crippen molar-refractivity contribution >= 4 is 0 Å². The molecule has 3 heteroatoms. The third-order valence-corrected chi connectivity index (χ3v) is 3.59. The summed E-state index contributed by atoms with van der Waals surface area (Å²) < 4.78 is 5.50. The molecule has 1 aromatic rings. The lowest BCUT2D eigenvalue weighted by molar-refractivity contribution is 0.265. The van der Waals surface area contributed by atoms with E-state index in [4.69, 9.17) is 4.74 Å². The summed E-state index contributed by atoms with van der Waals surface area (Å²) in [5, 5.41) is 3.39. The van der Waals surface area contributed by atoms with Gasteiger partial charge in [-0.05, 0) is 37.9 Å². The number of nitrogens with one attached hydrogen (secondary N) is 1. The van der Waals surface area contributed by atoms with E-state index in [2.05, 4.69) is 16.4 Å². The van der Waals surface area contributed by atoms with E-state index < -0.39 is 0 Å². The highest BCUT2D eigenvalue weighted by atomic mass is 16.5. The number of pyridine rings is 1. The Morgan fingerprint density at radius 2 is 2.29 bits per heavy atom. The Labute approximate surface area is 104 Å². The van der Waals surface area contributed by atoms with E-state index in [-0.39, 0.29) is 0 Å². The summed E-state index contributed by atoms with van der Waals surface area (Å²) >= 11 is 0. The van der Waals surface area contributed by atoms with Gasteiger partial charge < -0.3 is 10.1 Å². The van der Waals surface area contributed by atoms with Crippen LogP contribution in [0.5, 0.6) is 5.75 Å². The van der Waals surface area contributed by atoms with Crippen LogP contribution in [0.4, 0.5) is 0 Å². The highest BCUT2D eigenvalue weighted by Gasteiger charge is 2.22. The summed E-state index contributed by atoms with van der Waals surface area (Å²) in [6, 6.07) is 2.52. The molecule has 1 atom stereocenters. The van der Waals surface area contributed by atoms with Crippen LogP contribution in [0, 0.1) is 5.92 Å². The second-order valence-electron chi connectivity index (χ2n) is 4.76. The first-order valence-corrected chi connectivity index (χ1v) is 6.58. The van der Waals surface area contributed by atoms with Crippen LogP contribution < -0.4 is 10.1 Å². The molecule has 1 aliphatic carbocycles. The molecule has 1 aromatic heterocycles. The van der Waals surface area contributed by atoms with Gasteiger partial charge in [-0.25, -0.2) is 0 Å². The van der Waals surface area contributed by atoms with Crippen LogP contribution >= 0.6 is 0 Å². The summed E-state index contributed by atoms with van der Waals surface area (Å²) in [7, 11) is 2.02. The van der Waals surface area contributed by atoms with E-state index in [1.165, 1.54) is 31.2 Å². The number of rotatable bonds is 6. The minimum Gasteiger partial charge on any atom is -0.492 e. The average molecular weight is 234 g/mol. The summed E-state index contributed by atoms with van der Waals surface area (Å²) in [6.45, 7) is 2.69. The van der Waals surface area contributed by atoms with Gasteiger partial charge in [-0.2, -0.15) is 0 Å². The first-order valence-electron chi connectivity index (χ1n) is 6.58.